The van der Waals surface area contributed by atoms with E-state index in [1.165, 1.54) is 0 Å². The van der Waals surface area contributed by atoms with E-state index < -0.39 is 0 Å². The minimum absolute atomic E-state index is 0.439. The highest BCUT2D eigenvalue weighted by molar-refractivity contribution is 6.30. The Balaban J connectivity index is 1.84. The summed E-state index contributed by atoms with van der Waals surface area (Å²) in [4.78, 5) is 0. The van der Waals surface area contributed by atoms with Crippen LogP contribution in [0, 0.1) is 18.3 Å². The molecule has 0 aliphatic heterocycles. The van der Waals surface area contributed by atoms with Gasteiger partial charge in [0.05, 0.1) is 11.6 Å². The van der Waals surface area contributed by atoms with Gasteiger partial charge in [-0.15, -0.1) is 0 Å². The molecule has 0 fully saturated rings. The predicted molar refractivity (Wildman–Crippen MR) is 107 cm³/mol. The quantitative estimate of drug-likeness (QED) is 0.396. The Hall–Kier alpha value is -3.02. The van der Waals surface area contributed by atoms with Gasteiger partial charge in [-0.3, -0.25) is 0 Å². The van der Waals surface area contributed by atoms with Gasteiger partial charge < -0.3 is 4.74 Å². The molecule has 0 amide bonds. The lowest BCUT2D eigenvalue weighted by Crippen LogP contribution is -1.97. The van der Waals surface area contributed by atoms with Crippen molar-refractivity contribution in [3.8, 4) is 11.8 Å². The molecule has 0 unspecified atom stereocenters. The number of nitrogens with zero attached hydrogens (tertiary/aromatic N) is 1. The van der Waals surface area contributed by atoms with Crippen molar-refractivity contribution >= 4 is 23.3 Å². The summed E-state index contributed by atoms with van der Waals surface area (Å²) < 4.78 is 5.97. The first-order valence-electron chi connectivity index (χ1n) is 8.31. The summed E-state index contributed by atoms with van der Waals surface area (Å²) in [7, 11) is 0. The first kappa shape index (κ1) is 17.8. The van der Waals surface area contributed by atoms with Crippen LogP contribution in [0.4, 0.5) is 0 Å². The molecule has 0 spiro atoms. The highest BCUT2D eigenvalue weighted by atomic mass is 35.5. The summed E-state index contributed by atoms with van der Waals surface area (Å²) in [6.07, 6.45) is 1.86. The number of hydrogen-bond donors (Lipinski definition) is 0. The van der Waals surface area contributed by atoms with Gasteiger partial charge in [0.1, 0.15) is 12.4 Å². The maximum absolute atomic E-state index is 9.56. The zero-order valence-corrected chi connectivity index (χ0v) is 15.2. The van der Waals surface area contributed by atoms with Gasteiger partial charge in [0.15, 0.2) is 0 Å². The third-order valence-corrected chi connectivity index (χ3v) is 4.26. The molecule has 0 radical (unpaired) electrons. The van der Waals surface area contributed by atoms with Crippen LogP contribution in [-0.4, -0.2) is 0 Å². The largest absolute Gasteiger partial charge is 0.488 e. The van der Waals surface area contributed by atoms with Crippen molar-refractivity contribution in [2.75, 3.05) is 0 Å². The number of rotatable bonds is 5. The van der Waals surface area contributed by atoms with Gasteiger partial charge in [0.25, 0.3) is 0 Å². The average molecular weight is 360 g/mol. The lowest BCUT2D eigenvalue weighted by atomic mass is 10.0. The van der Waals surface area contributed by atoms with Crippen molar-refractivity contribution in [3.05, 3.63) is 100 Å². The van der Waals surface area contributed by atoms with Crippen LogP contribution < -0.4 is 4.74 Å². The molecule has 3 heteroatoms. The van der Waals surface area contributed by atoms with E-state index in [0.717, 1.165) is 28.0 Å². The second-order valence-electron chi connectivity index (χ2n) is 5.99. The molecule has 0 bridgehead atoms. The van der Waals surface area contributed by atoms with Gasteiger partial charge in [-0.05, 0) is 42.3 Å². The molecule has 0 saturated heterocycles. The van der Waals surface area contributed by atoms with Crippen molar-refractivity contribution in [3.63, 3.8) is 0 Å². The third kappa shape index (κ3) is 4.53. The molecule has 0 N–H and O–H groups in total. The van der Waals surface area contributed by atoms with Gasteiger partial charge in [-0.2, -0.15) is 5.26 Å². The maximum atomic E-state index is 9.56. The third-order valence-electron chi connectivity index (χ3n) is 4.01. The minimum atomic E-state index is 0.439. The van der Waals surface area contributed by atoms with Crippen molar-refractivity contribution in [1.82, 2.24) is 0 Å². The van der Waals surface area contributed by atoms with Crippen LogP contribution in [0.15, 0.2) is 72.8 Å². The van der Waals surface area contributed by atoms with E-state index in [-0.39, 0.29) is 0 Å². The molecule has 26 heavy (non-hydrogen) atoms. The molecule has 0 saturated carbocycles. The van der Waals surface area contributed by atoms with Crippen LogP contribution in [0.3, 0.4) is 0 Å². The summed E-state index contributed by atoms with van der Waals surface area (Å²) >= 11 is 5.92. The lowest BCUT2D eigenvalue weighted by Gasteiger charge is -2.10. The zero-order valence-electron chi connectivity index (χ0n) is 14.4. The number of nitriles is 1. The fourth-order valence-electron chi connectivity index (χ4n) is 2.54. The van der Waals surface area contributed by atoms with Crippen molar-refractivity contribution in [2.24, 2.45) is 0 Å². The van der Waals surface area contributed by atoms with Gasteiger partial charge in [0, 0.05) is 10.6 Å². The molecule has 0 atom stereocenters. The molecule has 0 aromatic heterocycles. The topological polar surface area (TPSA) is 33.0 Å². The van der Waals surface area contributed by atoms with Crippen LogP contribution in [-0.2, 0) is 6.61 Å². The number of aryl methyl sites for hydroxylation is 1. The van der Waals surface area contributed by atoms with E-state index in [2.05, 4.69) is 6.07 Å². The van der Waals surface area contributed by atoms with Crippen LogP contribution >= 0.6 is 11.6 Å². The molecular weight excluding hydrogens is 342 g/mol. The van der Waals surface area contributed by atoms with Crippen molar-refractivity contribution in [2.45, 2.75) is 13.5 Å². The fraction of sp³-hybridized carbons (Fsp3) is 0.0870. The van der Waals surface area contributed by atoms with E-state index in [1.807, 2.05) is 85.8 Å². The van der Waals surface area contributed by atoms with Crippen LogP contribution in [0.2, 0.25) is 5.02 Å². The summed E-state index contributed by atoms with van der Waals surface area (Å²) in [5.74, 6) is 0.738. The van der Waals surface area contributed by atoms with Crippen LogP contribution in [0.5, 0.6) is 5.75 Å². The van der Waals surface area contributed by atoms with E-state index in [1.54, 1.807) is 0 Å². The van der Waals surface area contributed by atoms with E-state index in [4.69, 9.17) is 16.3 Å². The minimum Gasteiger partial charge on any atom is -0.488 e. The summed E-state index contributed by atoms with van der Waals surface area (Å²) in [5, 5.41) is 10.3. The number of benzene rings is 3. The fourth-order valence-corrected chi connectivity index (χ4v) is 2.67. The summed E-state index contributed by atoms with van der Waals surface area (Å²) in [6, 6.07) is 25.5. The molecule has 0 aliphatic rings. The van der Waals surface area contributed by atoms with Crippen LogP contribution in [0.25, 0.3) is 11.6 Å². The lowest BCUT2D eigenvalue weighted by molar-refractivity contribution is 0.305. The molecule has 3 rings (SSSR count). The molecule has 2 nitrogen and oxygen atoms in total. The number of ether oxygens (including phenoxy) is 1. The molecule has 128 valence electrons. The Labute approximate surface area is 158 Å². The standard InChI is InChI=1S/C23H18ClNO/c1-17-6-10-19(11-7-17)21(15-25)14-20-4-2-3-5-23(20)26-16-18-8-12-22(24)13-9-18/h2-14H,16H2,1H3/b21-14+. The van der Waals surface area contributed by atoms with E-state index in [9.17, 15) is 5.26 Å². The second kappa shape index (κ2) is 8.38. The van der Waals surface area contributed by atoms with Gasteiger partial charge >= 0.3 is 0 Å². The number of halogens is 1. The number of para-hydroxylation sites is 1. The number of allylic oxidation sites excluding steroid dienone is 1. The Morgan fingerprint density at radius 3 is 2.38 bits per heavy atom. The Kier molecular flexibility index (Phi) is 5.73. The molecule has 0 heterocycles. The zero-order chi connectivity index (χ0) is 18.4. The first-order chi connectivity index (χ1) is 12.7. The first-order valence-corrected chi connectivity index (χ1v) is 8.68. The highest BCUT2D eigenvalue weighted by Gasteiger charge is 2.06. The highest BCUT2D eigenvalue weighted by Crippen LogP contribution is 2.25. The smallest absolute Gasteiger partial charge is 0.127 e. The SMILES string of the molecule is Cc1ccc(/C(C#N)=C/c2ccccc2OCc2ccc(Cl)cc2)cc1. The Morgan fingerprint density at radius 1 is 1.00 bits per heavy atom. The average Bonchev–Trinajstić information content (AvgIpc) is 2.67. The molecule has 3 aromatic carbocycles. The summed E-state index contributed by atoms with van der Waals surface area (Å²) in [5.41, 5.74) is 4.57. The Morgan fingerprint density at radius 2 is 1.69 bits per heavy atom. The van der Waals surface area contributed by atoms with E-state index in [0.29, 0.717) is 17.2 Å². The monoisotopic (exact) mass is 359 g/mol. The van der Waals surface area contributed by atoms with Gasteiger partial charge in [0.2, 0.25) is 0 Å². The van der Waals surface area contributed by atoms with Crippen molar-refractivity contribution in [1.29, 1.82) is 5.26 Å². The second-order valence-corrected chi connectivity index (χ2v) is 6.43. The van der Waals surface area contributed by atoms with Crippen molar-refractivity contribution < 1.29 is 4.74 Å². The number of hydrogen-bond acceptors (Lipinski definition) is 2. The van der Waals surface area contributed by atoms with Gasteiger partial charge in [-0.25, -0.2) is 0 Å². The Bertz CT molecular complexity index is 951. The molecule has 3 aromatic rings. The normalized spacial score (nSPS) is 11.0. The van der Waals surface area contributed by atoms with Crippen LogP contribution in [0.1, 0.15) is 22.3 Å². The van der Waals surface area contributed by atoms with E-state index >= 15 is 0 Å². The summed E-state index contributed by atoms with van der Waals surface area (Å²) in [6.45, 7) is 2.47. The predicted octanol–water partition coefficient (Wildman–Crippen LogP) is 6.29. The molecular formula is C23H18ClNO. The van der Waals surface area contributed by atoms with Gasteiger partial charge in [-0.1, -0.05) is 71.8 Å². The maximum Gasteiger partial charge on any atom is 0.127 e. The molecule has 0 aliphatic carbocycles.